The van der Waals surface area contributed by atoms with Crippen LogP contribution in [0.4, 0.5) is 17.1 Å². The Labute approximate surface area is 265 Å². The predicted molar refractivity (Wildman–Crippen MR) is 187 cm³/mol. The maximum atomic E-state index is 9.75. The second-order valence-corrected chi connectivity index (χ2v) is 11.9. The number of anilines is 3. The number of rotatable bonds is 5. The van der Waals surface area contributed by atoms with Gasteiger partial charge in [0.25, 0.3) is 0 Å². The van der Waals surface area contributed by atoms with E-state index < -0.39 is 0 Å². The smallest absolute Gasteiger partial charge is 0.0651 e. The molecule has 0 aliphatic heterocycles. The van der Waals surface area contributed by atoms with Crippen LogP contribution in [-0.4, -0.2) is 0 Å². The molecule has 7 aromatic rings. The normalized spacial score (nSPS) is 14.2. The average molecular weight is 568 g/mol. The molecule has 0 radical (unpaired) electrons. The Kier molecular flexibility index (Phi) is 5.24. The Bertz CT molecular complexity index is 2380. The van der Waals surface area contributed by atoms with E-state index in [0.717, 1.165) is 33.3 Å². The van der Waals surface area contributed by atoms with Crippen molar-refractivity contribution in [3.63, 3.8) is 0 Å². The van der Waals surface area contributed by atoms with Gasteiger partial charge in [-0.1, -0.05) is 141 Å². The standard InChI is InChI=1S/C43H33N/c1-43(2)40-21-10-8-20-38(40)39-26-25-36(29-41(39)43)44(42-22-11-9-19-37(42)31-14-4-3-5-15-31)35-18-12-17-33(28-35)34-24-23-30-13-6-7-16-32(30)27-34/h3-29H,1-2H3/i12D,17D,18D,28D. The van der Waals surface area contributed by atoms with E-state index in [1.807, 2.05) is 83.8 Å². The van der Waals surface area contributed by atoms with Crippen LogP contribution in [0.2, 0.25) is 0 Å². The van der Waals surface area contributed by atoms with Crippen molar-refractivity contribution in [2.45, 2.75) is 19.3 Å². The van der Waals surface area contributed by atoms with E-state index in [1.165, 1.54) is 22.3 Å². The van der Waals surface area contributed by atoms with Gasteiger partial charge >= 0.3 is 0 Å². The summed E-state index contributed by atoms with van der Waals surface area (Å²) in [5.41, 5.74) is 9.38. The Morgan fingerprint density at radius 3 is 2.07 bits per heavy atom. The lowest BCUT2D eigenvalue weighted by atomic mass is 9.82. The van der Waals surface area contributed by atoms with E-state index in [9.17, 15) is 2.74 Å². The minimum atomic E-state index is -0.262. The van der Waals surface area contributed by atoms with Gasteiger partial charge in [-0.2, -0.15) is 0 Å². The van der Waals surface area contributed by atoms with Crippen molar-refractivity contribution in [1.29, 1.82) is 0 Å². The van der Waals surface area contributed by atoms with Gasteiger partial charge in [0.15, 0.2) is 0 Å². The molecule has 1 aliphatic rings. The largest absolute Gasteiger partial charge is 0.310 e. The predicted octanol–water partition coefficient (Wildman–Crippen LogP) is 11.9. The van der Waals surface area contributed by atoms with Crippen LogP contribution in [0.5, 0.6) is 0 Å². The Balaban J connectivity index is 1.43. The van der Waals surface area contributed by atoms with Crippen molar-refractivity contribution >= 4 is 27.8 Å². The molecule has 0 heterocycles. The van der Waals surface area contributed by atoms with Gasteiger partial charge in [-0.3, -0.25) is 0 Å². The van der Waals surface area contributed by atoms with Crippen molar-refractivity contribution < 1.29 is 5.48 Å². The molecule has 210 valence electrons. The highest BCUT2D eigenvalue weighted by molar-refractivity contribution is 5.92. The van der Waals surface area contributed by atoms with Gasteiger partial charge in [-0.25, -0.2) is 0 Å². The molecule has 8 rings (SSSR count). The zero-order chi connectivity index (χ0) is 33.2. The molecule has 7 aromatic carbocycles. The molecule has 0 amide bonds. The summed E-state index contributed by atoms with van der Waals surface area (Å²) < 4.78 is 37.2. The van der Waals surface area contributed by atoms with E-state index in [0.29, 0.717) is 11.1 Å². The van der Waals surface area contributed by atoms with Crippen molar-refractivity contribution in [2.75, 3.05) is 4.90 Å². The van der Waals surface area contributed by atoms with Crippen molar-refractivity contribution in [2.24, 2.45) is 0 Å². The van der Waals surface area contributed by atoms with Gasteiger partial charge in [0, 0.05) is 22.4 Å². The maximum Gasteiger partial charge on any atom is 0.0651 e. The summed E-state index contributed by atoms with van der Waals surface area (Å²) in [6.07, 6.45) is 0. The first-order valence-electron chi connectivity index (χ1n) is 17.0. The van der Waals surface area contributed by atoms with Gasteiger partial charge < -0.3 is 4.90 Å². The van der Waals surface area contributed by atoms with Crippen LogP contribution in [0.1, 0.15) is 30.5 Å². The first-order valence-corrected chi connectivity index (χ1v) is 15.0. The van der Waals surface area contributed by atoms with E-state index in [4.69, 9.17) is 2.74 Å². The fourth-order valence-corrected chi connectivity index (χ4v) is 6.69. The van der Waals surface area contributed by atoms with Gasteiger partial charge in [-0.05, 0) is 86.1 Å². The molecule has 0 bridgehead atoms. The Morgan fingerprint density at radius 2 is 1.20 bits per heavy atom. The zero-order valence-corrected chi connectivity index (χ0v) is 24.7. The molecule has 0 fully saturated rings. The molecule has 1 aliphatic carbocycles. The van der Waals surface area contributed by atoms with Crippen LogP contribution < -0.4 is 4.90 Å². The van der Waals surface area contributed by atoms with Gasteiger partial charge in [0.2, 0.25) is 0 Å². The van der Waals surface area contributed by atoms with E-state index in [1.54, 1.807) is 0 Å². The van der Waals surface area contributed by atoms with Crippen molar-refractivity contribution in [3.05, 3.63) is 175 Å². The Morgan fingerprint density at radius 1 is 0.500 bits per heavy atom. The highest BCUT2D eigenvalue weighted by Gasteiger charge is 2.35. The summed E-state index contributed by atoms with van der Waals surface area (Å²) in [5, 5.41) is 2.05. The van der Waals surface area contributed by atoms with Crippen LogP contribution in [0.3, 0.4) is 0 Å². The maximum absolute atomic E-state index is 9.75. The van der Waals surface area contributed by atoms with Crippen LogP contribution in [0.15, 0.2) is 164 Å². The third-order valence-corrected chi connectivity index (χ3v) is 8.93. The molecule has 0 aromatic heterocycles. The fourth-order valence-electron chi connectivity index (χ4n) is 6.69. The average Bonchev–Trinajstić information content (AvgIpc) is 3.35. The molecule has 0 saturated heterocycles. The lowest BCUT2D eigenvalue weighted by Crippen LogP contribution is -2.17. The second-order valence-electron chi connectivity index (χ2n) is 11.9. The van der Waals surface area contributed by atoms with Crippen molar-refractivity contribution in [3.8, 4) is 33.4 Å². The lowest BCUT2D eigenvalue weighted by molar-refractivity contribution is 0.660. The van der Waals surface area contributed by atoms with Crippen molar-refractivity contribution in [1.82, 2.24) is 0 Å². The van der Waals surface area contributed by atoms with E-state index in [2.05, 4.69) is 74.5 Å². The van der Waals surface area contributed by atoms with Crippen LogP contribution in [-0.2, 0) is 5.41 Å². The highest BCUT2D eigenvalue weighted by Crippen LogP contribution is 2.51. The molecule has 44 heavy (non-hydrogen) atoms. The molecule has 1 heteroatoms. The topological polar surface area (TPSA) is 3.24 Å². The lowest BCUT2D eigenvalue weighted by Gasteiger charge is -2.30. The summed E-state index contributed by atoms with van der Waals surface area (Å²) >= 11 is 0. The van der Waals surface area contributed by atoms with Gasteiger partial charge in [0.05, 0.1) is 11.2 Å². The molecular weight excluding hydrogens is 530 g/mol. The van der Waals surface area contributed by atoms with Gasteiger partial charge in [-0.15, -0.1) is 0 Å². The molecule has 0 atom stereocenters. The first-order chi connectivity index (χ1) is 23.3. The third kappa shape index (κ3) is 4.32. The van der Waals surface area contributed by atoms with Gasteiger partial charge in [0.1, 0.15) is 0 Å². The molecule has 0 unspecified atom stereocenters. The van der Waals surface area contributed by atoms with Crippen LogP contribution in [0.25, 0.3) is 44.2 Å². The van der Waals surface area contributed by atoms with E-state index >= 15 is 0 Å². The molecule has 0 N–H and O–H groups in total. The second kappa shape index (κ2) is 10.4. The summed E-state index contributed by atoms with van der Waals surface area (Å²) in [6, 6.07) is 46.5. The number of hydrogen-bond donors (Lipinski definition) is 0. The quantitative estimate of drug-likeness (QED) is 0.200. The molecular formula is C43H33N. The summed E-state index contributed by atoms with van der Waals surface area (Å²) in [6.45, 7) is 4.48. The summed E-state index contributed by atoms with van der Waals surface area (Å²) in [5.74, 6) is 0. The van der Waals surface area contributed by atoms with Crippen LogP contribution in [0, 0.1) is 0 Å². The fraction of sp³-hybridized carbons (Fsp3) is 0.0698. The number of hydrogen-bond acceptors (Lipinski definition) is 1. The summed E-state index contributed by atoms with van der Waals surface area (Å²) in [7, 11) is 0. The molecule has 1 nitrogen and oxygen atoms in total. The summed E-state index contributed by atoms with van der Waals surface area (Å²) in [4.78, 5) is 1.97. The third-order valence-electron chi connectivity index (χ3n) is 8.93. The minimum absolute atomic E-state index is 0.0437. The van der Waals surface area contributed by atoms with E-state index in [-0.39, 0.29) is 35.3 Å². The number of fused-ring (bicyclic) bond motifs is 4. The molecule has 0 spiro atoms. The number of nitrogens with zero attached hydrogens (tertiary/aromatic N) is 1. The zero-order valence-electron chi connectivity index (χ0n) is 28.7. The molecule has 0 saturated carbocycles. The minimum Gasteiger partial charge on any atom is -0.310 e. The SMILES string of the molecule is [2H]c1c([2H])c(-c2ccc3ccccc3c2)c([2H])c(N(c2ccc3c(c2)C(C)(C)c2ccccc2-3)c2ccccc2-c2ccccc2)c1[2H]. The monoisotopic (exact) mass is 567 g/mol. The number of para-hydroxylation sites is 1. The van der Waals surface area contributed by atoms with Crippen LogP contribution >= 0.6 is 0 Å². The first kappa shape index (κ1) is 22.2. The highest BCUT2D eigenvalue weighted by atomic mass is 15.1. The number of benzene rings is 7. The Hall–Kier alpha value is -5.40.